The molecule has 0 spiro atoms. The molecule has 2 atom stereocenters. The van der Waals surface area contributed by atoms with E-state index in [2.05, 4.69) is 55.6 Å². The lowest BCUT2D eigenvalue weighted by atomic mass is 10.0. The second-order valence-corrected chi connectivity index (χ2v) is 29.2. The number of carbonyl (C=O) groups is 2. The largest absolute Gasteiger partial charge is 0.466 e. The van der Waals surface area contributed by atoms with Crippen molar-refractivity contribution in [1.82, 2.24) is 5.32 Å². The maximum atomic E-state index is 12.6. The SMILES string of the molecule is CCCCCC/C=C\C/C=C\CCCCCCCCCC(=O)OCCCCCCCCCCCCCC/C=C\CCCCCCCCCCCCCCCCCCC(=O)NC(CO)C(O)CCCCCCCCCCCCCCCCCCCCCCCCCCC. The Labute approximate surface area is 576 Å². The minimum absolute atomic E-state index is 0.0119. The molecule has 6 heteroatoms. The fourth-order valence-electron chi connectivity index (χ4n) is 13.5. The zero-order chi connectivity index (χ0) is 66.3. The first-order chi connectivity index (χ1) is 45.5. The summed E-state index contributed by atoms with van der Waals surface area (Å²) >= 11 is 0. The van der Waals surface area contributed by atoms with Crippen LogP contribution in [-0.4, -0.2) is 47.4 Å². The number of amides is 1. The summed E-state index contributed by atoms with van der Waals surface area (Å²) in [7, 11) is 0. The van der Waals surface area contributed by atoms with Gasteiger partial charge in [0.2, 0.25) is 5.91 Å². The van der Waals surface area contributed by atoms with Crippen LogP contribution in [0.4, 0.5) is 0 Å². The van der Waals surface area contributed by atoms with Crippen LogP contribution in [0.1, 0.15) is 476 Å². The van der Waals surface area contributed by atoms with E-state index in [1.54, 1.807) is 0 Å². The van der Waals surface area contributed by atoms with E-state index in [4.69, 9.17) is 4.74 Å². The van der Waals surface area contributed by atoms with Gasteiger partial charge in [-0.1, -0.05) is 416 Å². The predicted octanol–water partition coefficient (Wildman–Crippen LogP) is 28.2. The first-order valence-electron chi connectivity index (χ1n) is 42.2. The van der Waals surface area contributed by atoms with Crippen LogP contribution < -0.4 is 5.32 Å². The summed E-state index contributed by atoms with van der Waals surface area (Å²) in [5.41, 5.74) is 0. The first kappa shape index (κ1) is 90.1. The number of allylic oxidation sites excluding steroid dienone is 6. The number of aliphatic hydroxyl groups is 2. The predicted molar refractivity (Wildman–Crippen MR) is 407 cm³/mol. The van der Waals surface area contributed by atoms with Crippen molar-refractivity contribution < 1.29 is 24.5 Å². The molecule has 0 aromatic carbocycles. The van der Waals surface area contributed by atoms with E-state index in [-0.39, 0.29) is 18.5 Å². The molecule has 2 unspecified atom stereocenters. The van der Waals surface area contributed by atoms with E-state index in [0.717, 1.165) is 51.4 Å². The molecule has 0 aliphatic heterocycles. The number of ether oxygens (including phenoxy) is 1. The molecular formula is C86H165NO5. The zero-order valence-corrected chi connectivity index (χ0v) is 62.6. The average molecular weight is 1290 g/mol. The van der Waals surface area contributed by atoms with E-state index in [0.29, 0.717) is 25.9 Å². The molecule has 0 saturated carbocycles. The number of unbranched alkanes of at least 4 members (excludes halogenated alkanes) is 63. The van der Waals surface area contributed by atoms with Gasteiger partial charge in [-0.3, -0.25) is 9.59 Å². The normalized spacial score (nSPS) is 12.6. The molecule has 0 aliphatic carbocycles. The third-order valence-corrected chi connectivity index (χ3v) is 19.9. The molecule has 6 nitrogen and oxygen atoms in total. The van der Waals surface area contributed by atoms with Crippen LogP contribution in [0.2, 0.25) is 0 Å². The Kier molecular flexibility index (Phi) is 79.8. The molecule has 0 radical (unpaired) electrons. The van der Waals surface area contributed by atoms with Crippen molar-refractivity contribution >= 4 is 11.9 Å². The van der Waals surface area contributed by atoms with Crippen LogP contribution in [0, 0.1) is 0 Å². The summed E-state index contributed by atoms with van der Waals surface area (Å²) < 4.78 is 5.51. The van der Waals surface area contributed by atoms with E-state index >= 15 is 0 Å². The molecule has 0 aromatic heterocycles. The van der Waals surface area contributed by atoms with Crippen molar-refractivity contribution in [3.05, 3.63) is 36.5 Å². The van der Waals surface area contributed by atoms with Crippen molar-refractivity contribution in [2.24, 2.45) is 0 Å². The molecule has 0 heterocycles. The summed E-state index contributed by atoms with van der Waals surface area (Å²) in [6, 6.07) is -0.541. The molecule has 0 saturated heterocycles. The third kappa shape index (κ3) is 77.1. The highest BCUT2D eigenvalue weighted by Gasteiger charge is 2.20. The van der Waals surface area contributed by atoms with Gasteiger partial charge in [-0.25, -0.2) is 0 Å². The smallest absolute Gasteiger partial charge is 0.305 e. The Balaban J connectivity index is 3.36. The molecule has 0 bridgehead atoms. The van der Waals surface area contributed by atoms with Gasteiger partial charge in [0, 0.05) is 12.8 Å². The van der Waals surface area contributed by atoms with Crippen molar-refractivity contribution in [3.63, 3.8) is 0 Å². The Bertz CT molecular complexity index is 1490. The van der Waals surface area contributed by atoms with Gasteiger partial charge in [0.15, 0.2) is 0 Å². The van der Waals surface area contributed by atoms with Crippen LogP contribution in [-0.2, 0) is 14.3 Å². The number of hydrogen-bond donors (Lipinski definition) is 3. The van der Waals surface area contributed by atoms with Gasteiger partial charge in [-0.05, 0) is 83.5 Å². The Morgan fingerprint density at radius 3 is 0.848 bits per heavy atom. The lowest BCUT2D eigenvalue weighted by Crippen LogP contribution is -2.45. The first-order valence-corrected chi connectivity index (χ1v) is 42.2. The lowest BCUT2D eigenvalue weighted by Gasteiger charge is -2.22. The van der Waals surface area contributed by atoms with Crippen molar-refractivity contribution in [2.45, 2.75) is 488 Å². The standard InChI is InChI=1S/C86H165NO5/c1-3-5-7-9-11-13-15-17-19-21-23-24-25-34-37-40-43-46-50-54-58-62-66-70-74-78-84(89)83(82-88)87-85(90)79-75-71-67-63-59-55-51-47-44-41-38-35-32-30-28-26-27-29-31-33-36-39-42-45-49-53-57-61-65-69-73-77-81-92-86(91)80-76-72-68-64-60-56-52-48-22-20-18-16-14-12-10-8-6-4-2/h14,16,20,22,29,31,83-84,88-89H,3-13,15,17-19,21,23-28,30,32-82H2,1-2H3,(H,87,90)/b16-14-,22-20-,31-29-. The van der Waals surface area contributed by atoms with Crippen LogP contribution in [0.5, 0.6) is 0 Å². The Morgan fingerprint density at radius 2 is 0.543 bits per heavy atom. The maximum absolute atomic E-state index is 12.6. The molecule has 0 rings (SSSR count). The van der Waals surface area contributed by atoms with Crippen molar-refractivity contribution in [3.8, 4) is 0 Å². The fraction of sp³-hybridized carbons (Fsp3) is 0.907. The van der Waals surface area contributed by atoms with Gasteiger partial charge in [-0.15, -0.1) is 0 Å². The number of hydrogen-bond acceptors (Lipinski definition) is 5. The molecule has 1 amide bonds. The molecule has 92 heavy (non-hydrogen) atoms. The molecule has 3 N–H and O–H groups in total. The summed E-state index contributed by atoms with van der Waals surface area (Å²) in [5, 5.41) is 23.5. The van der Waals surface area contributed by atoms with E-state index in [1.165, 1.54) is 392 Å². The van der Waals surface area contributed by atoms with Crippen molar-refractivity contribution in [1.29, 1.82) is 0 Å². The molecule has 0 fully saturated rings. The number of nitrogens with one attached hydrogen (secondary N) is 1. The molecular weight excluding hydrogens is 1130 g/mol. The van der Waals surface area contributed by atoms with E-state index in [9.17, 15) is 19.8 Å². The minimum atomic E-state index is -0.665. The highest BCUT2D eigenvalue weighted by molar-refractivity contribution is 5.76. The summed E-state index contributed by atoms with van der Waals surface area (Å²) in [4.78, 5) is 24.7. The number of esters is 1. The zero-order valence-electron chi connectivity index (χ0n) is 62.6. The van der Waals surface area contributed by atoms with Gasteiger partial charge in [0.25, 0.3) is 0 Å². The Hall–Kier alpha value is -1.92. The quantitative estimate of drug-likeness (QED) is 0.0320. The van der Waals surface area contributed by atoms with Crippen LogP contribution in [0.15, 0.2) is 36.5 Å². The lowest BCUT2D eigenvalue weighted by molar-refractivity contribution is -0.143. The second-order valence-electron chi connectivity index (χ2n) is 29.2. The third-order valence-electron chi connectivity index (χ3n) is 19.9. The highest BCUT2D eigenvalue weighted by atomic mass is 16.5. The summed E-state index contributed by atoms with van der Waals surface area (Å²) in [6.07, 6.45) is 107. The maximum Gasteiger partial charge on any atom is 0.305 e. The number of carbonyl (C=O) groups excluding carboxylic acids is 2. The Morgan fingerprint density at radius 1 is 0.304 bits per heavy atom. The number of rotatable bonds is 80. The molecule has 0 aromatic rings. The van der Waals surface area contributed by atoms with E-state index < -0.39 is 12.1 Å². The highest BCUT2D eigenvalue weighted by Crippen LogP contribution is 2.20. The van der Waals surface area contributed by atoms with Gasteiger partial charge >= 0.3 is 5.97 Å². The van der Waals surface area contributed by atoms with Gasteiger partial charge in [0.1, 0.15) is 0 Å². The summed E-state index contributed by atoms with van der Waals surface area (Å²) in [6.45, 7) is 4.99. The fourth-order valence-corrected chi connectivity index (χ4v) is 13.5. The van der Waals surface area contributed by atoms with Gasteiger partial charge in [-0.2, -0.15) is 0 Å². The second kappa shape index (κ2) is 81.5. The number of aliphatic hydroxyl groups excluding tert-OH is 2. The van der Waals surface area contributed by atoms with Gasteiger partial charge < -0.3 is 20.3 Å². The molecule has 0 aliphatic rings. The molecule has 544 valence electrons. The van der Waals surface area contributed by atoms with E-state index in [1.807, 2.05) is 0 Å². The van der Waals surface area contributed by atoms with Crippen LogP contribution >= 0.6 is 0 Å². The average Bonchev–Trinajstić information content (AvgIpc) is 3.77. The van der Waals surface area contributed by atoms with Crippen LogP contribution in [0.3, 0.4) is 0 Å². The van der Waals surface area contributed by atoms with Crippen LogP contribution in [0.25, 0.3) is 0 Å². The minimum Gasteiger partial charge on any atom is -0.466 e. The summed E-state index contributed by atoms with van der Waals surface area (Å²) in [5.74, 6) is -0.0146. The van der Waals surface area contributed by atoms with Gasteiger partial charge in [0.05, 0.1) is 25.4 Å². The van der Waals surface area contributed by atoms with Crippen molar-refractivity contribution in [2.75, 3.05) is 13.2 Å². The monoisotopic (exact) mass is 1290 g/mol. The topological polar surface area (TPSA) is 95.9 Å².